The van der Waals surface area contributed by atoms with Crippen molar-refractivity contribution in [3.05, 3.63) is 0 Å². The van der Waals surface area contributed by atoms with Crippen LogP contribution in [-0.2, 0) is 9.53 Å². The van der Waals surface area contributed by atoms with E-state index in [9.17, 15) is 4.79 Å². The van der Waals surface area contributed by atoms with Crippen LogP contribution in [0.15, 0.2) is 0 Å². The highest BCUT2D eigenvalue weighted by Crippen LogP contribution is 2.20. The average molecular weight is 340 g/mol. The third kappa shape index (κ3) is 4.96. The minimum absolute atomic E-state index is 0. The van der Waals surface area contributed by atoms with E-state index >= 15 is 0 Å². The smallest absolute Gasteiger partial charge is 0.242 e. The first kappa shape index (κ1) is 19.0. The number of halogens is 2. The molecule has 0 bridgehead atoms. The van der Waals surface area contributed by atoms with Crippen LogP contribution < -0.4 is 5.32 Å². The van der Waals surface area contributed by atoms with Crippen molar-refractivity contribution in [1.82, 2.24) is 15.1 Å². The zero-order valence-corrected chi connectivity index (χ0v) is 14.1. The quantitative estimate of drug-likeness (QED) is 0.824. The number of ether oxygens (including phenoxy) is 1. The Morgan fingerprint density at radius 1 is 1.19 bits per heavy atom. The van der Waals surface area contributed by atoms with E-state index in [2.05, 4.69) is 10.2 Å². The number of carbonyl (C=O) groups is 1. The molecule has 0 aromatic heterocycles. The molecule has 5 nitrogen and oxygen atoms in total. The van der Waals surface area contributed by atoms with Gasteiger partial charge in [-0.15, -0.1) is 24.8 Å². The summed E-state index contributed by atoms with van der Waals surface area (Å²) in [5.41, 5.74) is 0. The summed E-state index contributed by atoms with van der Waals surface area (Å²) < 4.78 is 5.38. The van der Waals surface area contributed by atoms with E-state index in [1.807, 2.05) is 4.90 Å². The second-order valence-electron chi connectivity index (χ2n) is 6.03. The van der Waals surface area contributed by atoms with E-state index in [1.54, 1.807) is 0 Å². The van der Waals surface area contributed by atoms with E-state index in [0.29, 0.717) is 12.5 Å². The van der Waals surface area contributed by atoms with Gasteiger partial charge in [0.2, 0.25) is 5.91 Å². The molecule has 0 spiro atoms. The lowest BCUT2D eigenvalue weighted by Gasteiger charge is -2.27. The highest BCUT2D eigenvalue weighted by molar-refractivity contribution is 5.85. The number of rotatable bonds is 3. The summed E-state index contributed by atoms with van der Waals surface area (Å²) in [5.74, 6) is 0.912. The molecule has 21 heavy (non-hydrogen) atoms. The number of morpholine rings is 1. The van der Waals surface area contributed by atoms with Crippen LogP contribution in [0.5, 0.6) is 0 Å². The number of hydrogen-bond acceptors (Lipinski definition) is 4. The second kappa shape index (κ2) is 9.16. The fourth-order valence-corrected chi connectivity index (χ4v) is 3.46. The number of amides is 1. The standard InChI is InChI=1S/C14H25N3O2.2ClH/c18-14(13-11-19-8-4-15-13)17-7-3-12(10-17)9-16-5-1-2-6-16;;/h12-13,15H,1-11H2;2*1H. The Labute approximate surface area is 139 Å². The molecule has 3 rings (SSSR count). The molecule has 0 aromatic carbocycles. The van der Waals surface area contributed by atoms with Crippen LogP contribution in [0, 0.1) is 5.92 Å². The molecule has 0 aliphatic carbocycles. The SMILES string of the molecule is Cl.Cl.O=C(C1COCCN1)N1CCC(CN2CCCC2)C1. The van der Waals surface area contributed by atoms with Crippen molar-refractivity contribution in [1.29, 1.82) is 0 Å². The Balaban J connectivity index is 0.00000110. The Bertz CT molecular complexity index is 321. The van der Waals surface area contributed by atoms with Crippen LogP contribution in [0.4, 0.5) is 0 Å². The molecule has 2 unspecified atom stereocenters. The molecular weight excluding hydrogens is 313 g/mol. The molecule has 3 saturated heterocycles. The van der Waals surface area contributed by atoms with Crippen molar-refractivity contribution < 1.29 is 9.53 Å². The van der Waals surface area contributed by atoms with Crippen molar-refractivity contribution in [2.24, 2.45) is 5.92 Å². The Morgan fingerprint density at radius 3 is 2.62 bits per heavy atom. The fraction of sp³-hybridized carbons (Fsp3) is 0.929. The third-order valence-electron chi connectivity index (χ3n) is 4.53. The van der Waals surface area contributed by atoms with Gasteiger partial charge in [0, 0.05) is 26.2 Å². The fourth-order valence-electron chi connectivity index (χ4n) is 3.46. The summed E-state index contributed by atoms with van der Waals surface area (Å²) >= 11 is 0. The first-order chi connectivity index (χ1) is 9.33. The lowest BCUT2D eigenvalue weighted by molar-refractivity contribution is -0.135. The summed E-state index contributed by atoms with van der Waals surface area (Å²) in [6.07, 6.45) is 3.85. The van der Waals surface area contributed by atoms with E-state index in [-0.39, 0.29) is 36.8 Å². The van der Waals surface area contributed by atoms with Crippen LogP contribution >= 0.6 is 24.8 Å². The first-order valence-corrected chi connectivity index (χ1v) is 7.65. The van der Waals surface area contributed by atoms with Crippen molar-refractivity contribution in [3.63, 3.8) is 0 Å². The maximum Gasteiger partial charge on any atom is 0.242 e. The van der Waals surface area contributed by atoms with Crippen LogP contribution in [-0.4, -0.2) is 74.2 Å². The lowest BCUT2D eigenvalue weighted by atomic mass is 10.1. The molecular formula is C14H27Cl2N3O2. The average Bonchev–Trinajstić information content (AvgIpc) is 3.11. The molecule has 7 heteroatoms. The van der Waals surface area contributed by atoms with Gasteiger partial charge in [-0.05, 0) is 38.3 Å². The van der Waals surface area contributed by atoms with Crippen molar-refractivity contribution in [2.45, 2.75) is 25.3 Å². The molecule has 0 aromatic rings. The second-order valence-corrected chi connectivity index (χ2v) is 6.03. The van der Waals surface area contributed by atoms with Crippen LogP contribution in [0.1, 0.15) is 19.3 Å². The van der Waals surface area contributed by atoms with Crippen LogP contribution in [0.25, 0.3) is 0 Å². The maximum atomic E-state index is 12.4. The zero-order valence-electron chi connectivity index (χ0n) is 12.5. The maximum absolute atomic E-state index is 12.4. The molecule has 2 atom stereocenters. The van der Waals surface area contributed by atoms with Gasteiger partial charge in [-0.25, -0.2) is 0 Å². The van der Waals surface area contributed by atoms with E-state index < -0.39 is 0 Å². The Hall–Kier alpha value is -0.0700. The Kier molecular flexibility index (Phi) is 8.27. The van der Waals surface area contributed by atoms with Gasteiger partial charge in [0.15, 0.2) is 0 Å². The number of nitrogens with one attached hydrogen (secondary N) is 1. The van der Waals surface area contributed by atoms with Gasteiger partial charge in [0.1, 0.15) is 6.04 Å². The lowest BCUT2D eigenvalue weighted by Crippen LogP contribution is -2.52. The number of nitrogens with zero attached hydrogens (tertiary/aromatic N) is 2. The highest BCUT2D eigenvalue weighted by Gasteiger charge is 2.32. The largest absolute Gasteiger partial charge is 0.378 e. The summed E-state index contributed by atoms with van der Waals surface area (Å²) in [7, 11) is 0. The van der Waals surface area contributed by atoms with Gasteiger partial charge in [0.05, 0.1) is 13.2 Å². The first-order valence-electron chi connectivity index (χ1n) is 7.65. The molecule has 1 N–H and O–H groups in total. The summed E-state index contributed by atoms with van der Waals surface area (Å²) in [6, 6.07) is -0.112. The van der Waals surface area contributed by atoms with Gasteiger partial charge < -0.3 is 19.9 Å². The van der Waals surface area contributed by atoms with Crippen LogP contribution in [0.2, 0.25) is 0 Å². The van der Waals surface area contributed by atoms with Gasteiger partial charge in [-0.1, -0.05) is 0 Å². The zero-order chi connectivity index (χ0) is 13.1. The minimum Gasteiger partial charge on any atom is -0.378 e. The summed E-state index contributed by atoms with van der Waals surface area (Å²) in [4.78, 5) is 16.9. The third-order valence-corrected chi connectivity index (χ3v) is 4.53. The summed E-state index contributed by atoms with van der Waals surface area (Å²) in [5, 5.41) is 3.26. The molecule has 0 radical (unpaired) electrons. The van der Waals surface area contributed by atoms with Gasteiger partial charge in [0.25, 0.3) is 0 Å². The van der Waals surface area contributed by atoms with Gasteiger partial charge in [-0.2, -0.15) is 0 Å². The molecule has 124 valence electrons. The number of hydrogen-bond donors (Lipinski definition) is 1. The Morgan fingerprint density at radius 2 is 1.95 bits per heavy atom. The normalized spacial score (nSPS) is 29.8. The van der Waals surface area contributed by atoms with Crippen LogP contribution in [0.3, 0.4) is 0 Å². The summed E-state index contributed by atoms with van der Waals surface area (Å²) in [6.45, 7) is 7.60. The predicted octanol–water partition coefficient (Wildman–Crippen LogP) is 0.763. The topological polar surface area (TPSA) is 44.8 Å². The molecule has 3 aliphatic heterocycles. The van der Waals surface area contributed by atoms with E-state index in [0.717, 1.165) is 32.7 Å². The monoisotopic (exact) mass is 339 g/mol. The van der Waals surface area contributed by atoms with Crippen molar-refractivity contribution in [2.75, 3.05) is 52.5 Å². The van der Waals surface area contributed by atoms with Gasteiger partial charge >= 0.3 is 0 Å². The molecule has 3 fully saturated rings. The van der Waals surface area contributed by atoms with Crippen molar-refractivity contribution in [3.8, 4) is 0 Å². The molecule has 3 heterocycles. The van der Waals surface area contributed by atoms with E-state index in [1.165, 1.54) is 32.5 Å². The number of carbonyl (C=O) groups excluding carboxylic acids is 1. The molecule has 0 saturated carbocycles. The van der Waals surface area contributed by atoms with Crippen molar-refractivity contribution >= 4 is 30.7 Å². The molecule has 3 aliphatic rings. The van der Waals surface area contributed by atoms with Gasteiger partial charge in [-0.3, -0.25) is 4.79 Å². The predicted molar refractivity (Wildman–Crippen MR) is 87.5 cm³/mol. The van der Waals surface area contributed by atoms with E-state index in [4.69, 9.17) is 4.74 Å². The highest BCUT2D eigenvalue weighted by atomic mass is 35.5. The molecule has 1 amide bonds. The minimum atomic E-state index is -0.112. The number of likely N-dealkylation sites (tertiary alicyclic amines) is 2.